The average molecular weight is 947 g/mol. The van der Waals surface area contributed by atoms with Gasteiger partial charge in [0.25, 0.3) is 0 Å². The maximum Gasteiger partial charge on any atom is 0.475 e. The topological polar surface area (TPSA) is 278 Å². The van der Waals surface area contributed by atoms with Gasteiger partial charge in [-0.25, -0.2) is 26.8 Å². The van der Waals surface area contributed by atoms with Crippen LogP contribution in [0.1, 0.15) is 38.5 Å². The van der Waals surface area contributed by atoms with E-state index in [2.05, 4.69) is 20.9 Å². The molecule has 0 aromatic rings. The van der Waals surface area contributed by atoms with Crippen molar-refractivity contribution in [2.75, 3.05) is 79.1 Å². The third-order valence-corrected chi connectivity index (χ3v) is 13.0. The summed E-state index contributed by atoms with van der Waals surface area (Å²) in [5.41, 5.74) is 0. The first-order chi connectivity index (χ1) is 30.0. The summed E-state index contributed by atoms with van der Waals surface area (Å²) in [5, 5.41) is 22.0. The molecule has 7 unspecified atom stereocenters. The summed E-state index contributed by atoms with van der Waals surface area (Å²) in [6.45, 7) is 10.0. The van der Waals surface area contributed by atoms with Gasteiger partial charge in [-0.3, -0.25) is 45.8 Å². The molecule has 3 heterocycles. The van der Waals surface area contributed by atoms with Gasteiger partial charge in [0.2, 0.25) is 19.0 Å². The second kappa shape index (κ2) is 28.2. The first kappa shape index (κ1) is 55.3. The summed E-state index contributed by atoms with van der Waals surface area (Å²) in [7, 11) is 3.61. The standard InChI is InChI=1S/C34H51B3N3O20P3/c1-4-10-49-11-6-34(44)40-7-5-24(43)14-23(18-41)20-52-61(45,46)58-26-16-32(36)56-29(26)21-53-63(48,51-13-9-39-3)60-27-17-33(37)57-30(27)22-54-62(47,50-12-8-38-2)59-25-15-31(35)55-28(25)19-42/h1,23,25-33,41-42H,5-22H2,(H,40,44)(H,45,46)/t23?,25?,26?,27?,28-,29-,30-,31-,32-,33-,62?,63?/m1/s1. The lowest BCUT2D eigenvalue weighted by atomic mass is 9.96. The zero-order valence-corrected chi connectivity index (χ0v) is 37.0. The molecule has 3 rings (SSSR count). The van der Waals surface area contributed by atoms with Gasteiger partial charge < -0.3 is 49.1 Å². The maximum atomic E-state index is 14.1. The highest BCUT2D eigenvalue weighted by Crippen LogP contribution is 2.56. The summed E-state index contributed by atoms with van der Waals surface area (Å²) in [4.78, 5) is 41.2. The minimum Gasteiger partial charge on any atom is -0.396 e. The van der Waals surface area contributed by atoms with Crippen LogP contribution in [0.2, 0.25) is 0 Å². The number of phosphoric acid groups is 3. The first-order valence-corrected chi connectivity index (χ1v) is 24.1. The highest BCUT2D eigenvalue weighted by Gasteiger charge is 2.46. The van der Waals surface area contributed by atoms with Gasteiger partial charge in [-0.2, -0.15) is 0 Å². The van der Waals surface area contributed by atoms with Crippen molar-refractivity contribution < 1.29 is 93.5 Å². The number of Topliss-reactive ketones (excluding diaryl/α,β-unsaturated/α-hetero) is 1. The lowest BCUT2D eigenvalue weighted by Crippen LogP contribution is -2.32. The molecule has 346 valence electrons. The molecule has 0 saturated carbocycles. The normalized spacial score (nSPS) is 29.0. The molecule has 4 N–H and O–H groups in total. The molecule has 23 nitrogen and oxygen atoms in total. The summed E-state index contributed by atoms with van der Waals surface area (Å²) in [5.74, 6) is 0.630. The number of amides is 1. The molecule has 0 aliphatic carbocycles. The molecule has 13 atom stereocenters. The van der Waals surface area contributed by atoms with Crippen LogP contribution in [0.15, 0.2) is 0 Å². The predicted molar refractivity (Wildman–Crippen MR) is 219 cm³/mol. The number of ketones is 1. The lowest BCUT2D eigenvalue weighted by Gasteiger charge is -2.27. The molecule has 0 bridgehead atoms. The summed E-state index contributed by atoms with van der Waals surface area (Å²) >= 11 is 0. The number of phosphoric ester groups is 3. The van der Waals surface area contributed by atoms with Gasteiger partial charge in [-0.1, -0.05) is 5.92 Å². The van der Waals surface area contributed by atoms with E-state index >= 15 is 0 Å². The van der Waals surface area contributed by atoms with Crippen molar-refractivity contribution in [3.05, 3.63) is 22.8 Å². The molecule has 29 heteroatoms. The monoisotopic (exact) mass is 947 g/mol. The Morgan fingerprint density at radius 1 is 0.778 bits per heavy atom. The molecule has 3 aliphatic rings. The molecule has 0 aromatic carbocycles. The highest BCUT2D eigenvalue weighted by molar-refractivity contribution is 7.48. The quantitative estimate of drug-likeness (QED) is 0.0233. The molecule has 3 saturated heterocycles. The van der Waals surface area contributed by atoms with Crippen molar-refractivity contribution in [2.45, 2.75) is 93.2 Å². The molecular formula is C34H51B3N3O20P3. The van der Waals surface area contributed by atoms with Gasteiger partial charge in [0.1, 0.15) is 67.5 Å². The number of rotatable bonds is 32. The van der Waals surface area contributed by atoms with Crippen molar-refractivity contribution >= 4 is 58.7 Å². The number of hydrogen-bond acceptors (Lipinski definition) is 19. The Kier molecular flexibility index (Phi) is 24.8. The number of ether oxygens (including phenoxy) is 4. The molecule has 3 aliphatic heterocycles. The number of terminal acetylenes is 1. The van der Waals surface area contributed by atoms with E-state index in [1.807, 2.05) is 0 Å². The van der Waals surface area contributed by atoms with Gasteiger partial charge in [-0.15, -0.1) is 6.42 Å². The van der Waals surface area contributed by atoms with E-state index in [1.54, 1.807) is 0 Å². The van der Waals surface area contributed by atoms with E-state index in [4.69, 9.17) is 98.2 Å². The molecule has 63 heavy (non-hydrogen) atoms. The van der Waals surface area contributed by atoms with Crippen LogP contribution in [0.3, 0.4) is 0 Å². The molecule has 6 radical (unpaired) electrons. The summed E-state index contributed by atoms with van der Waals surface area (Å²) in [6, 6.07) is -2.92. The van der Waals surface area contributed by atoms with E-state index in [0.29, 0.717) is 0 Å². The van der Waals surface area contributed by atoms with E-state index in [-0.39, 0.29) is 89.7 Å². The van der Waals surface area contributed by atoms with Crippen molar-refractivity contribution in [3.63, 3.8) is 0 Å². The van der Waals surface area contributed by atoms with Crippen molar-refractivity contribution in [1.82, 2.24) is 5.32 Å². The third kappa shape index (κ3) is 20.6. The van der Waals surface area contributed by atoms with Crippen molar-refractivity contribution in [1.29, 1.82) is 0 Å². The van der Waals surface area contributed by atoms with E-state index in [1.165, 1.54) is 0 Å². The average Bonchev–Trinajstić information content (AvgIpc) is 3.89. The Bertz CT molecular complexity index is 1720. The highest BCUT2D eigenvalue weighted by atomic mass is 31.2. The second-order valence-corrected chi connectivity index (χ2v) is 18.7. The lowest BCUT2D eigenvalue weighted by molar-refractivity contribution is -0.122. The van der Waals surface area contributed by atoms with E-state index < -0.39 is 124 Å². The number of hydrogen-bond donors (Lipinski definition) is 4. The fourth-order valence-electron chi connectivity index (χ4n) is 6.01. The number of carbonyl (C=O) groups is 2. The van der Waals surface area contributed by atoms with Crippen molar-refractivity contribution in [3.8, 4) is 12.3 Å². The SMILES string of the molecule is [B][C@H]1CC(OP(=O)(O)OCC(CO)CC(=O)CCNC(=O)CCOCC#C)[C@@H](COP(=O)(OCC[N+]#[C-])OC2C[C@H]([B])O[C@@H]2COP(=O)(OCC[N+]#[C-])OC2C[C@H]([B])O[C@@H]2CO)O1. The third-order valence-electron chi connectivity index (χ3n) is 9.00. The van der Waals surface area contributed by atoms with Crippen LogP contribution in [0, 0.1) is 31.4 Å². The number of carbonyl (C=O) groups excluding carboxylic acids is 2. The van der Waals surface area contributed by atoms with Crippen LogP contribution in [-0.4, -0.2) is 184 Å². The van der Waals surface area contributed by atoms with Gasteiger partial charge in [-0.05, 0) is 19.3 Å². The molecule has 3 fully saturated rings. The maximum absolute atomic E-state index is 14.1. The second-order valence-electron chi connectivity index (χ2n) is 14.0. The fourth-order valence-corrected chi connectivity index (χ4v) is 9.81. The Labute approximate surface area is 370 Å². The van der Waals surface area contributed by atoms with E-state index in [9.17, 15) is 38.4 Å². The number of aliphatic hydroxyl groups is 2. The van der Waals surface area contributed by atoms with Crippen LogP contribution in [0.5, 0.6) is 0 Å². The van der Waals surface area contributed by atoms with E-state index in [0.717, 1.165) is 0 Å². The number of nitrogens with zero attached hydrogens (tertiary/aromatic N) is 2. The van der Waals surface area contributed by atoms with Crippen LogP contribution in [0.4, 0.5) is 0 Å². The summed E-state index contributed by atoms with van der Waals surface area (Å²) < 4.78 is 106. The van der Waals surface area contributed by atoms with Gasteiger partial charge >= 0.3 is 23.5 Å². The van der Waals surface area contributed by atoms with Gasteiger partial charge in [0, 0.05) is 49.9 Å². The zero-order chi connectivity index (χ0) is 46.5. The first-order valence-electron chi connectivity index (χ1n) is 19.7. The molecular weight excluding hydrogens is 896 g/mol. The Morgan fingerprint density at radius 2 is 1.29 bits per heavy atom. The minimum absolute atomic E-state index is 0.0122. The van der Waals surface area contributed by atoms with Gasteiger partial charge in [0.05, 0.1) is 57.8 Å². The smallest absolute Gasteiger partial charge is 0.396 e. The Hall–Kier alpha value is -2.04. The Balaban J connectivity index is 1.59. The van der Waals surface area contributed by atoms with Crippen LogP contribution in [-0.2, 0) is 78.4 Å². The molecule has 0 aromatic heterocycles. The van der Waals surface area contributed by atoms with Crippen LogP contribution in [0.25, 0.3) is 9.69 Å². The molecule has 0 spiro atoms. The largest absolute Gasteiger partial charge is 0.475 e. The van der Waals surface area contributed by atoms with Crippen LogP contribution >= 0.6 is 23.5 Å². The number of nitrogens with one attached hydrogen (secondary N) is 1. The zero-order valence-electron chi connectivity index (χ0n) is 34.3. The van der Waals surface area contributed by atoms with Crippen LogP contribution < -0.4 is 5.32 Å². The minimum atomic E-state index is -4.93. The fraction of sp³-hybridized carbons (Fsp3) is 0.824. The number of aliphatic hydroxyl groups excluding tert-OH is 2. The predicted octanol–water partition coefficient (Wildman–Crippen LogP) is 0.337. The summed E-state index contributed by atoms with van der Waals surface area (Å²) in [6.07, 6.45) is -2.48. The van der Waals surface area contributed by atoms with Crippen molar-refractivity contribution in [2.24, 2.45) is 5.92 Å². The molecule has 1 amide bonds. The Morgan fingerprint density at radius 3 is 1.78 bits per heavy atom. The van der Waals surface area contributed by atoms with Gasteiger partial charge in [0.15, 0.2) is 0 Å².